The lowest BCUT2D eigenvalue weighted by Gasteiger charge is -2.59. The molecule has 4 aliphatic carbocycles. The van der Waals surface area contributed by atoms with Gasteiger partial charge in [-0.2, -0.15) is 0 Å². The van der Waals surface area contributed by atoms with Gasteiger partial charge in [-0.05, 0) is 97.7 Å². The molecule has 0 aromatic rings. The molecule has 0 saturated heterocycles. The molecule has 3 fully saturated rings. The van der Waals surface area contributed by atoms with Gasteiger partial charge in [0.1, 0.15) is 0 Å². The fraction of sp³-hybridized carbons (Fsp3) is 0.926. The van der Waals surface area contributed by atoms with Crippen molar-refractivity contribution in [1.82, 2.24) is 0 Å². The van der Waals surface area contributed by atoms with Crippen molar-refractivity contribution in [3.05, 3.63) is 11.6 Å². The normalized spacial score (nSPS) is 47.6. The molecule has 0 radical (unpaired) electrons. The standard InChI is InChI=1S/C27H46O3/c1-17(16-28)6-5-7-18(2)21-8-9-22-25-23(11-13-27(21,22)4)26(3)12-10-20(29)14-19(26)15-24(25)30/h15,17-18,20-25,28-30H,5-14,16H2,1-4H3/t17?,18?,20-,21+,22-,23-,24+,25-,26-,27+/m0/s1. The van der Waals surface area contributed by atoms with Crippen molar-refractivity contribution < 1.29 is 15.3 Å². The molecular weight excluding hydrogens is 372 g/mol. The highest BCUT2D eigenvalue weighted by atomic mass is 16.3. The second-order valence-electron chi connectivity index (χ2n) is 12.2. The molecule has 0 aliphatic heterocycles. The molecule has 3 heteroatoms. The van der Waals surface area contributed by atoms with Crippen LogP contribution in [0.15, 0.2) is 11.6 Å². The Morgan fingerprint density at radius 3 is 2.50 bits per heavy atom. The second kappa shape index (κ2) is 8.52. The molecule has 0 amide bonds. The maximum atomic E-state index is 11.3. The lowest BCUT2D eigenvalue weighted by atomic mass is 9.46. The predicted molar refractivity (Wildman–Crippen MR) is 122 cm³/mol. The Balaban J connectivity index is 1.50. The van der Waals surface area contributed by atoms with Crippen molar-refractivity contribution in [2.75, 3.05) is 6.61 Å². The highest BCUT2D eigenvalue weighted by Gasteiger charge is 2.61. The van der Waals surface area contributed by atoms with Gasteiger partial charge >= 0.3 is 0 Å². The summed E-state index contributed by atoms with van der Waals surface area (Å²) in [4.78, 5) is 0. The zero-order valence-electron chi connectivity index (χ0n) is 19.8. The molecule has 3 nitrogen and oxygen atoms in total. The molecule has 4 aliphatic rings. The van der Waals surface area contributed by atoms with Crippen LogP contribution in [-0.2, 0) is 0 Å². The topological polar surface area (TPSA) is 60.7 Å². The fourth-order valence-electron chi connectivity index (χ4n) is 8.69. The van der Waals surface area contributed by atoms with Crippen LogP contribution in [0.25, 0.3) is 0 Å². The van der Waals surface area contributed by atoms with Crippen molar-refractivity contribution >= 4 is 0 Å². The van der Waals surface area contributed by atoms with E-state index in [0.717, 1.165) is 37.5 Å². The average molecular weight is 419 g/mol. The van der Waals surface area contributed by atoms with Crippen LogP contribution in [0.1, 0.15) is 91.9 Å². The van der Waals surface area contributed by atoms with Crippen LogP contribution in [0.4, 0.5) is 0 Å². The van der Waals surface area contributed by atoms with Crippen molar-refractivity contribution in [2.24, 2.45) is 46.3 Å². The number of aliphatic hydroxyl groups excluding tert-OH is 3. The summed E-state index contributed by atoms with van der Waals surface area (Å²) in [5, 5.41) is 30.8. The number of hydrogen-bond donors (Lipinski definition) is 3. The van der Waals surface area contributed by atoms with Gasteiger partial charge in [-0.1, -0.05) is 52.2 Å². The Kier molecular flexibility index (Phi) is 6.48. The van der Waals surface area contributed by atoms with Crippen LogP contribution in [0.2, 0.25) is 0 Å². The van der Waals surface area contributed by atoms with E-state index in [0.29, 0.717) is 35.7 Å². The third-order valence-electron chi connectivity index (χ3n) is 10.5. The van der Waals surface area contributed by atoms with E-state index < -0.39 is 0 Å². The zero-order chi connectivity index (χ0) is 21.7. The van der Waals surface area contributed by atoms with E-state index in [1.54, 1.807) is 0 Å². The quantitative estimate of drug-likeness (QED) is 0.511. The van der Waals surface area contributed by atoms with E-state index in [-0.39, 0.29) is 17.6 Å². The molecule has 172 valence electrons. The molecule has 0 heterocycles. The number of rotatable bonds is 6. The van der Waals surface area contributed by atoms with Crippen molar-refractivity contribution in [3.63, 3.8) is 0 Å². The van der Waals surface area contributed by atoms with Gasteiger partial charge in [0.2, 0.25) is 0 Å². The molecule has 3 saturated carbocycles. The molecule has 0 aromatic heterocycles. The Hall–Kier alpha value is -0.380. The monoisotopic (exact) mass is 418 g/mol. The van der Waals surface area contributed by atoms with Gasteiger partial charge in [0.05, 0.1) is 12.2 Å². The van der Waals surface area contributed by atoms with E-state index in [2.05, 4.69) is 33.8 Å². The number of fused-ring (bicyclic) bond motifs is 5. The van der Waals surface area contributed by atoms with E-state index in [9.17, 15) is 15.3 Å². The van der Waals surface area contributed by atoms with Crippen LogP contribution in [0.5, 0.6) is 0 Å². The third kappa shape index (κ3) is 3.71. The van der Waals surface area contributed by atoms with Crippen LogP contribution < -0.4 is 0 Å². The molecule has 3 N–H and O–H groups in total. The van der Waals surface area contributed by atoms with Gasteiger partial charge in [0.25, 0.3) is 0 Å². The van der Waals surface area contributed by atoms with Crippen LogP contribution >= 0.6 is 0 Å². The highest BCUT2D eigenvalue weighted by molar-refractivity contribution is 5.27. The Morgan fingerprint density at radius 2 is 1.77 bits per heavy atom. The lowest BCUT2D eigenvalue weighted by molar-refractivity contribution is -0.0971. The van der Waals surface area contributed by atoms with Gasteiger partial charge in [-0.25, -0.2) is 0 Å². The Morgan fingerprint density at radius 1 is 1.00 bits per heavy atom. The van der Waals surface area contributed by atoms with Gasteiger partial charge in [-0.15, -0.1) is 0 Å². The molecule has 30 heavy (non-hydrogen) atoms. The summed E-state index contributed by atoms with van der Waals surface area (Å²) in [6.45, 7) is 9.92. The van der Waals surface area contributed by atoms with Crippen LogP contribution in [0, 0.1) is 46.3 Å². The van der Waals surface area contributed by atoms with Gasteiger partial charge < -0.3 is 15.3 Å². The number of aliphatic hydroxyl groups is 3. The first-order chi connectivity index (χ1) is 14.2. The summed E-state index contributed by atoms with van der Waals surface area (Å²) in [6, 6.07) is 0. The summed E-state index contributed by atoms with van der Waals surface area (Å²) < 4.78 is 0. The zero-order valence-corrected chi connectivity index (χ0v) is 19.8. The smallest absolute Gasteiger partial charge is 0.0757 e. The molecule has 0 bridgehead atoms. The fourth-order valence-corrected chi connectivity index (χ4v) is 8.69. The van der Waals surface area contributed by atoms with Gasteiger partial charge in [0.15, 0.2) is 0 Å². The minimum atomic E-state index is -0.326. The largest absolute Gasteiger partial charge is 0.396 e. The predicted octanol–water partition coefficient (Wildman–Crippen LogP) is 5.33. The van der Waals surface area contributed by atoms with Gasteiger partial charge in [0, 0.05) is 6.61 Å². The minimum absolute atomic E-state index is 0.189. The molecule has 4 rings (SSSR count). The first-order valence-electron chi connectivity index (χ1n) is 12.9. The van der Waals surface area contributed by atoms with E-state index in [4.69, 9.17) is 0 Å². The van der Waals surface area contributed by atoms with Crippen molar-refractivity contribution in [2.45, 2.75) is 104 Å². The van der Waals surface area contributed by atoms with Crippen molar-refractivity contribution in [3.8, 4) is 0 Å². The summed E-state index contributed by atoms with van der Waals surface area (Å²) in [5.41, 5.74) is 1.90. The highest BCUT2D eigenvalue weighted by Crippen LogP contribution is 2.67. The second-order valence-corrected chi connectivity index (χ2v) is 12.2. The Labute approximate surface area is 184 Å². The first kappa shape index (κ1) is 22.8. The van der Waals surface area contributed by atoms with E-state index in [1.165, 1.54) is 44.1 Å². The lowest BCUT2D eigenvalue weighted by Crippen LogP contribution is -2.54. The molecule has 2 unspecified atom stereocenters. The van der Waals surface area contributed by atoms with Gasteiger partial charge in [-0.3, -0.25) is 0 Å². The summed E-state index contributed by atoms with van der Waals surface area (Å²) in [7, 11) is 0. The third-order valence-corrected chi connectivity index (χ3v) is 10.5. The maximum Gasteiger partial charge on any atom is 0.0757 e. The summed E-state index contributed by atoms with van der Waals surface area (Å²) in [6.07, 6.45) is 13.2. The molecule has 0 aromatic carbocycles. The maximum absolute atomic E-state index is 11.3. The Bertz CT molecular complexity index is 644. The van der Waals surface area contributed by atoms with E-state index in [1.807, 2.05) is 0 Å². The average Bonchev–Trinajstić information content (AvgIpc) is 3.06. The summed E-state index contributed by atoms with van der Waals surface area (Å²) in [5.74, 6) is 3.54. The first-order valence-corrected chi connectivity index (χ1v) is 12.9. The summed E-state index contributed by atoms with van der Waals surface area (Å²) >= 11 is 0. The van der Waals surface area contributed by atoms with Crippen molar-refractivity contribution in [1.29, 1.82) is 0 Å². The SMILES string of the molecule is CC(CO)CCCC(C)[C@H]1CC[C@H]2[C@@H]3[C@H](O)C=C4C[C@@H](O)CC[C@]4(C)[C@H]3CC[C@]12C. The molecule has 10 atom stereocenters. The van der Waals surface area contributed by atoms with Crippen LogP contribution in [0.3, 0.4) is 0 Å². The van der Waals surface area contributed by atoms with Crippen LogP contribution in [-0.4, -0.2) is 34.1 Å². The number of hydrogen-bond acceptors (Lipinski definition) is 3. The molecule has 0 spiro atoms. The van der Waals surface area contributed by atoms with E-state index >= 15 is 0 Å². The molecular formula is C27H46O3. The minimum Gasteiger partial charge on any atom is -0.396 e.